The van der Waals surface area contributed by atoms with Crippen LogP contribution in [0, 0.1) is 0 Å². The van der Waals surface area contributed by atoms with Gasteiger partial charge in [0, 0.05) is 41.3 Å². The van der Waals surface area contributed by atoms with Crippen molar-refractivity contribution in [2.24, 2.45) is 0 Å². The molecule has 3 heterocycles. The lowest BCUT2D eigenvalue weighted by Gasteiger charge is -2.09. The highest BCUT2D eigenvalue weighted by Gasteiger charge is 2.30. The zero-order chi connectivity index (χ0) is 14.9. The first-order valence-corrected chi connectivity index (χ1v) is 8.15. The molecule has 0 bridgehead atoms. The summed E-state index contributed by atoms with van der Waals surface area (Å²) in [6.45, 7) is 0. The van der Waals surface area contributed by atoms with Crippen LogP contribution in [0.25, 0.3) is 11.4 Å². The zero-order valence-corrected chi connectivity index (χ0v) is 13.1. The monoisotopic (exact) mass is 329 g/mol. The number of nitrogens with zero attached hydrogens (tertiary/aromatic N) is 5. The van der Waals surface area contributed by atoms with E-state index in [1.54, 1.807) is 24.8 Å². The molecule has 7 heteroatoms. The van der Waals surface area contributed by atoms with Gasteiger partial charge in [0.1, 0.15) is 0 Å². The fourth-order valence-corrected chi connectivity index (χ4v) is 3.38. The molecule has 3 aromatic rings. The van der Waals surface area contributed by atoms with Gasteiger partial charge in [-0.25, -0.2) is 0 Å². The van der Waals surface area contributed by atoms with Crippen molar-refractivity contribution in [1.29, 1.82) is 0 Å². The molecular formula is C15H12ClN5S. The predicted octanol–water partition coefficient (Wildman–Crippen LogP) is 3.87. The molecule has 0 aliphatic heterocycles. The Morgan fingerprint density at radius 3 is 2.55 bits per heavy atom. The van der Waals surface area contributed by atoms with Gasteiger partial charge in [0.05, 0.1) is 5.02 Å². The van der Waals surface area contributed by atoms with Gasteiger partial charge in [0.25, 0.3) is 0 Å². The van der Waals surface area contributed by atoms with Crippen LogP contribution in [0.1, 0.15) is 18.9 Å². The van der Waals surface area contributed by atoms with Gasteiger partial charge < -0.3 is 0 Å². The van der Waals surface area contributed by atoms with Crippen LogP contribution in [-0.2, 0) is 0 Å². The molecule has 1 saturated carbocycles. The van der Waals surface area contributed by atoms with Crippen LogP contribution in [0.5, 0.6) is 0 Å². The van der Waals surface area contributed by atoms with E-state index in [4.69, 9.17) is 11.6 Å². The van der Waals surface area contributed by atoms with Crippen LogP contribution in [0.15, 0.2) is 53.0 Å². The van der Waals surface area contributed by atoms with Crippen molar-refractivity contribution in [2.75, 3.05) is 0 Å². The van der Waals surface area contributed by atoms with Crippen molar-refractivity contribution in [3.8, 4) is 11.4 Å². The Morgan fingerprint density at radius 1 is 1.05 bits per heavy atom. The van der Waals surface area contributed by atoms with Crippen LogP contribution in [-0.4, -0.2) is 24.7 Å². The minimum Gasteiger partial charge on any atom is -0.299 e. The second kappa shape index (κ2) is 5.70. The Hall–Kier alpha value is -1.92. The molecule has 1 aliphatic rings. The highest BCUT2D eigenvalue weighted by Crippen LogP contribution is 2.43. The molecule has 0 amide bonds. The maximum absolute atomic E-state index is 6.20. The first-order chi connectivity index (χ1) is 10.8. The fourth-order valence-electron chi connectivity index (χ4n) is 2.25. The highest BCUT2D eigenvalue weighted by atomic mass is 35.5. The fraction of sp³-hybridized carbons (Fsp3) is 0.200. The summed E-state index contributed by atoms with van der Waals surface area (Å²) < 4.78 is 2.21. The minimum atomic E-state index is 0.473. The maximum Gasteiger partial charge on any atom is 0.196 e. The van der Waals surface area contributed by atoms with Gasteiger partial charge in [0.2, 0.25) is 0 Å². The normalized spacial score (nSPS) is 14.2. The molecule has 1 aliphatic carbocycles. The van der Waals surface area contributed by atoms with Crippen LogP contribution in [0.2, 0.25) is 5.02 Å². The van der Waals surface area contributed by atoms with E-state index in [9.17, 15) is 0 Å². The third kappa shape index (κ3) is 2.60. The summed E-state index contributed by atoms with van der Waals surface area (Å²) in [6.07, 6.45) is 9.24. The second-order valence-electron chi connectivity index (χ2n) is 5.05. The van der Waals surface area contributed by atoms with Crippen LogP contribution in [0.4, 0.5) is 0 Å². The molecule has 0 atom stereocenters. The summed E-state index contributed by atoms with van der Waals surface area (Å²) in [5.41, 5.74) is 1.03. The van der Waals surface area contributed by atoms with Crippen LogP contribution >= 0.6 is 23.4 Å². The number of rotatable bonds is 4. The summed E-state index contributed by atoms with van der Waals surface area (Å²) in [4.78, 5) is 9.01. The Kier molecular flexibility index (Phi) is 3.56. The van der Waals surface area contributed by atoms with Crippen molar-refractivity contribution in [3.05, 3.63) is 48.0 Å². The lowest BCUT2D eigenvalue weighted by molar-refractivity contribution is 0.669. The predicted molar refractivity (Wildman–Crippen MR) is 84.9 cm³/mol. The lowest BCUT2D eigenvalue weighted by atomic mass is 10.2. The van der Waals surface area contributed by atoms with E-state index in [-0.39, 0.29) is 0 Å². The molecule has 0 unspecified atom stereocenters. The molecule has 110 valence electrons. The maximum atomic E-state index is 6.20. The van der Waals surface area contributed by atoms with Gasteiger partial charge in [-0.15, -0.1) is 10.2 Å². The van der Waals surface area contributed by atoms with E-state index < -0.39 is 0 Å². The molecule has 0 N–H and O–H groups in total. The Bertz CT molecular complexity index is 801. The standard InChI is InChI=1S/C15H12ClN5S/c16-12-9-18-8-5-13(12)22-15-20-19-14(21(15)11-1-2-11)10-3-6-17-7-4-10/h3-9,11H,1-2H2. The van der Waals surface area contributed by atoms with E-state index in [0.29, 0.717) is 11.1 Å². The van der Waals surface area contributed by atoms with E-state index >= 15 is 0 Å². The van der Waals surface area contributed by atoms with Gasteiger partial charge >= 0.3 is 0 Å². The van der Waals surface area contributed by atoms with Crippen molar-refractivity contribution >= 4 is 23.4 Å². The number of halogens is 1. The summed E-state index contributed by atoms with van der Waals surface area (Å²) in [7, 11) is 0. The van der Waals surface area contributed by atoms with E-state index in [0.717, 1.165) is 34.3 Å². The Labute approximate surface area is 136 Å². The van der Waals surface area contributed by atoms with Crippen molar-refractivity contribution in [1.82, 2.24) is 24.7 Å². The molecule has 0 aromatic carbocycles. The number of hydrogen-bond donors (Lipinski definition) is 0. The third-order valence-electron chi connectivity index (χ3n) is 3.45. The Morgan fingerprint density at radius 2 is 1.82 bits per heavy atom. The van der Waals surface area contributed by atoms with Gasteiger partial charge in [-0.2, -0.15) is 0 Å². The molecule has 5 nitrogen and oxygen atoms in total. The summed E-state index contributed by atoms with van der Waals surface area (Å²) in [5, 5.41) is 10.2. The number of hydrogen-bond acceptors (Lipinski definition) is 5. The molecule has 22 heavy (non-hydrogen) atoms. The van der Waals surface area contributed by atoms with Crippen molar-refractivity contribution in [2.45, 2.75) is 28.9 Å². The number of aromatic nitrogens is 5. The molecule has 3 aromatic heterocycles. The molecule has 0 spiro atoms. The van der Waals surface area contributed by atoms with Crippen molar-refractivity contribution in [3.63, 3.8) is 0 Å². The second-order valence-corrected chi connectivity index (χ2v) is 6.47. The lowest BCUT2D eigenvalue weighted by Crippen LogP contribution is -1.99. The summed E-state index contributed by atoms with van der Waals surface area (Å²) >= 11 is 7.72. The Balaban J connectivity index is 1.75. The smallest absolute Gasteiger partial charge is 0.196 e. The molecule has 1 fully saturated rings. The van der Waals surface area contributed by atoms with E-state index in [1.807, 2.05) is 18.2 Å². The van der Waals surface area contributed by atoms with E-state index in [2.05, 4.69) is 24.7 Å². The first-order valence-electron chi connectivity index (χ1n) is 6.95. The van der Waals surface area contributed by atoms with E-state index in [1.165, 1.54) is 11.8 Å². The molecule has 4 rings (SSSR count). The van der Waals surface area contributed by atoms with Crippen molar-refractivity contribution < 1.29 is 0 Å². The van der Waals surface area contributed by atoms with Gasteiger partial charge in [-0.05, 0) is 42.8 Å². The minimum absolute atomic E-state index is 0.473. The first kappa shape index (κ1) is 13.7. The molecule has 0 radical (unpaired) electrons. The quantitative estimate of drug-likeness (QED) is 0.727. The van der Waals surface area contributed by atoms with Gasteiger partial charge in [-0.1, -0.05) is 11.6 Å². The largest absolute Gasteiger partial charge is 0.299 e. The summed E-state index contributed by atoms with van der Waals surface area (Å²) in [6, 6.07) is 6.28. The number of pyridine rings is 2. The SMILES string of the molecule is Clc1cnccc1Sc1nnc(-c2ccncc2)n1C1CC1. The molecular weight excluding hydrogens is 318 g/mol. The topological polar surface area (TPSA) is 56.5 Å². The van der Waals surface area contributed by atoms with Crippen LogP contribution < -0.4 is 0 Å². The van der Waals surface area contributed by atoms with Gasteiger partial charge in [0.15, 0.2) is 11.0 Å². The average Bonchev–Trinajstić information content (AvgIpc) is 3.31. The van der Waals surface area contributed by atoms with Crippen LogP contribution in [0.3, 0.4) is 0 Å². The average molecular weight is 330 g/mol. The summed E-state index contributed by atoms with van der Waals surface area (Å²) in [5.74, 6) is 0.887. The zero-order valence-electron chi connectivity index (χ0n) is 11.6. The third-order valence-corrected chi connectivity index (χ3v) is 4.90. The molecule has 0 saturated heterocycles. The highest BCUT2D eigenvalue weighted by molar-refractivity contribution is 7.99. The van der Waals surface area contributed by atoms with Gasteiger partial charge in [-0.3, -0.25) is 14.5 Å².